The minimum absolute atomic E-state index is 0.0173. The van der Waals surface area contributed by atoms with Crippen LogP contribution in [0.2, 0.25) is 0 Å². The minimum atomic E-state index is -0.245. The molecule has 0 saturated carbocycles. The molecule has 0 bridgehead atoms. The standard InChI is InChI=1S/C20H27N5O2S/c1-12(2)21-19(27)24-20-23-16-8-9-25(10-17(16)28-20)11-18(26)22-15-7-5-6-13(3)14(15)4/h5-7,12H,8-11H2,1-4H3,(H,22,26)(H2,21,23,24,27). The number of hydrogen-bond acceptors (Lipinski definition) is 5. The maximum Gasteiger partial charge on any atom is 0.321 e. The summed E-state index contributed by atoms with van der Waals surface area (Å²) in [6, 6.07) is 5.74. The second-order valence-electron chi connectivity index (χ2n) is 7.40. The average Bonchev–Trinajstić information content (AvgIpc) is 2.99. The number of amides is 3. The number of aryl methyl sites for hydroxylation is 1. The van der Waals surface area contributed by atoms with Crippen LogP contribution in [0.15, 0.2) is 18.2 Å². The summed E-state index contributed by atoms with van der Waals surface area (Å²) in [6.07, 6.45) is 0.774. The van der Waals surface area contributed by atoms with E-state index in [0.717, 1.165) is 40.4 Å². The van der Waals surface area contributed by atoms with Gasteiger partial charge in [-0.05, 0) is 44.9 Å². The molecule has 8 heteroatoms. The van der Waals surface area contributed by atoms with E-state index in [4.69, 9.17) is 0 Å². The summed E-state index contributed by atoms with van der Waals surface area (Å²) in [7, 11) is 0. The van der Waals surface area contributed by atoms with Gasteiger partial charge in [-0.1, -0.05) is 12.1 Å². The molecule has 0 radical (unpaired) electrons. The molecule has 2 aromatic rings. The lowest BCUT2D eigenvalue weighted by atomic mass is 10.1. The molecule has 28 heavy (non-hydrogen) atoms. The predicted molar refractivity (Wildman–Crippen MR) is 113 cm³/mol. The molecule has 0 saturated heterocycles. The minimum Gasteiger partial charge on any atom is -0.336 e. The Morgan fingerprint density at radius 3 is 2.79 bits per heavy atom. The highest BCUT2D eigenvalue weighted by Gasteiger charge is 2.23. The van der Waals surface area contributed by atoms with Crippen molar-refractivity contribution in [2.45, 2.75) is 46.7 Å². The van der Waals surface area contributed by atoms with Crippen molar-refractivity contribution >= 4 is 34.1 Å². The van der Waals surface area contributed by atoms with Gasteiger partial charge in [-0.25, -0.2) is 9.78 Å². The van der Waals surface area contributed by atoms with Crippen LogP contribution in [0.4, 0.5) is 15.6 Å². The van der Waals surface area contributed by atoms with Crippen LogP contribution < -0.4 is 16.0 Å². The molecule has 1 aromatic heterocycles. The third-order valence-electron chi connectivity index (χ3n) is 4.70. The molecule has 150 valence electrons. The number of nitrogens with zero attached hydrogens (tertiary/aromatic N) is 2. The Labute approximate surface area is 169 Å². The summed E-state index contributed by atoms with van der Waals surface area (Å²) in [5.41, 5.74) is 4.13. The largest absolute Gasteiger partial charge is 0.336 e. The summed E-state index contributed by atoms with van der Waals surface area (Å²) < 4.78 is 0. The van der Waals surface area contributed by atoms with Crippen molar-refractivity contribution in [3.8, 4) is 0 Å². The molecule has 2 heterocycles. The van der Waals surface area contributed by atoms with Gasteiger partial charge in [-0.3, -0.25) is 15.0 Å². The number of hydrogen-bond donors (Lipinski definition) is 3. The Morgan fingerprint density at radius 1 is 1.25 bits per heavy atom. The Morgan fingerprint density at radius 2 is 2.04 bits per heavy atom. The first-order chi connectivity index (χ1) is 13.3. The Bertz CT molecular complexity index is 877. The Balaban J connectivity index is 1.57. The van der Waals surface area contributed by atoms with Crippen LogP contribution in [-0.2, 0) is 17.8 Å². The van der Waals surface area contributed by atoms with Crippen LogP contribution >= 0.6 is 11.3 Å². The first-order valence-corrected chi connectivity index (χ1v) is 10.3. The summed E-state index contributed by atoms with van der Waals surface area (Å²) >= 11 is 1.47. The van der Waals surface area contributed by atoms with Crippen molar-refractivity contribution in [1.82, 2.24) is 15.2 Å². The van der Waals surface area contributed by atoms with E-state index in [1.165, 1.54) is 11.3 Å². The SMILES string of the molecule is Cc1cccc(NC(=O)CN2CCc3nc(NC(=O)NC(C)C)sc3C2)c1C. The van der Waals surface area contributed by atoms with E-state index in [0.29, 0.717) is 18.2 Å². The summed E-state index contributed by atoms with van der Waals surface area (Å²) in [4.78, 5) is 32.1. The van der Waals surface area contributed by atoms with E-state index >= 15 is 0 Å². The fourth-order valence-electron chi connectivity index (χ4n) is 3.11. The van der Waals surface area contributed by atoms with Crippen molar-refractivity contribution in [3.63, 3.8) is 0 Å². The first-order valence-electron chi connectivity index (χ1n) is 9.46. The molecule has 1 aromatic carbocycles. The molecule has 3 amide bonds. The Kier molecular flexibility index (Phi) is 6.31. The van der Waals surface area contributed by atoms with E-state index in [1.807, 2.05) is 45.9 Å². The van der Waals surface area contributed by atoms with Gasteiger partial charge in [0.2, 0.25) is 5.91 Å². The smallest absolute Gasteiger partial charge is 0.321 e. The van der Waals surface area contributed by atoms with Crippen molar-refractivity contribution < 1.29 is 9.59 Å². The number of urea groups is 1. The lowest BCUT2D eigenvalue weighted by Gasteiger charge is -2.25. The van der Waals surface area contributed by atoms with E-state index in [9.17, 15) is 9.59 Å². The number of carbonyl (C=O) groups excluding carboxylic acids is 2. The number of anilines is 2. The van der Waals surface area contributed by atoms with Crippen molar-refractivity contribution in [3.05, 3.63) is 39.9 Å². The van der Waals surface area contributed by atoms with Crippen molar-refractivity contribution in [2.24, 2.45) is 0 Å². The normalized spacial score (nSPS) is 13.9. The maximum absolute atomic E-state index is 12.5. The Hall–Kier alpha value is -2.45. The number of benzene rings is 1. The number of aromatic nitrogens is 1. The van der Waals surface area contributed by atoms with Gasteiger partial charge in [-0.15, -0.1) is 11.3 Å². The highest BCUT2D eigenvalue weighted by Crippen LogP contribution is 2.28. The molecule has 0 aliphatic carbocycles. The molecular formula is C20H27N5O2S. The van der Waals surface area contributed by atoms with E-state index in [1.54, 1.807) is 0 Å². The molecule has 0 fully saturated rings. The van der Waals surface area contributed by atoms with Crippen LogP contribution in [0.25, 0.3) is 0 Å². The highest BCUT2D eigenvalue weighted by molar-refractivity contribution is 7.15. The van der Waals surface area contributed by atoms with Gasteiger partial charge in [-0.2, -0.15) is 0 Å². The van der Waals surface area contributed by atoms with Gasteiger partial charge in [0.1, 0.15) is 0 Å². The molecule has 1 aliphatic heterocycles. The topological polar surface area (TPSA) is 86.4 Å². The van der Waals surface area contributed by atoms with Crippen LogP contribution in [0.3, 0.4) is 0 Å². The number of thiazole rings is 1. The van der Waals surface area contributed by atoms with Crippen LogP contribution in [0, 0.1) is 13.8 Å². The molecule has 3 rings (SSSR count). The van der Waals surface area contributed by atoms with Gasteiger partial charge in [0.15, 0.2) is 5.13 Å². The fourth-order valence-corrected chi connectivity index (χ4v) is 4.16. The van der Waals surface area contributed by atoms with Crippen LogP contribution in [0.1, 0.15) is 35.5 Å². The summed E-state index contributed by atoms with van der Waals surface area (Å²) in [5.74, 6) is -0.0173. The zero-order valence-corrected chi connectivity index (χ0v) is 17.6. The molecule has 3 N–H and O–H groups in total. The number of nitrogens with one attached hydrogen (secondary N) is 3. The second-order valence-corrected chi connectivity index (χ2v) is 8.48. The van der Waals surface area contributed by atoms with E-state index in [-0.39, 0.29) is 18.0 Å². The second kappa shape index (κ2) is 8.70. The molecular weight excluding hydrogens is 374 g/mol. The van der Waals surface area contributed by atoms with Gasteiger partial charge in [0.25, 0.3) is 0 Å². The zero-order valence-electron chi connectivity index (χ0n) is 16.8. The first kappa shape index (κ1) is 20.3. The summed E-state index contributed by atoms with van der Waals surface area (Å²) in [6.45, 7) is 9.64. The molecule has 0 atom stereocenters. The van der Waals surface area contributed by atoms with Gasteiger partial charge >= 0.3 is 6.03 Å². The predicted octanol–water partition coefficient (Wildman–Crippen LogP) is 3.29. The van der Waals surface area contributed by atoms with E-state index in [2.05, 4.69) is 25.8 Å². The van der Waals surface area contributed by atoms with Gasteiger partial charge in [0.05, 0.1) is 12.2 Å². The third kappa shape index (κ3) is 5.08. The van der Waals surface area contributed by atoms with Crippen LogP contribution in [0.5, 0.6) is 0 Å². The van der Waals surface area contributed by atoms with Crippen molar-refractivity contribution in [2.75, 3.05) is 23.7 Å². The number of carbonyl (C=O) groups is 2. The fraction of sp³-hybridized carbons (Fsp3) is 0.450. The molecule has 0 spiro atoms. The molecule has 7 nitrogen and oxygen atoms in total. The van der Waals surface area contributed by atoms with E-state index < -0.39 is 0 Å². The molecule has 1 aliphatic rings. The van der Waals surface area contributed by atoms with Gasteiger partial charge in [0, 0.05) is 36.1 Å². The lowest BCUT2D eigenvalue weighted by molar-refractivity contribution is -0.117. The monoisotopic (exact) mass is 401 g/mol. The average molecular weight is 402 g/mol. The van der Waals surface area contributed by atoms with Gasteiger partial charge < -0.3 is 10.6 Å². The highest BCUT2D eigenvalue weighted by atomic mass is 32.1. The number of rotatable bonds is 5. The molecule has 0 unspecified atom stereocenters. The van der Waals surface area contributed by atoms with Crippen LogP contribution in [-0.4, -0.2) is 41.0 Å². The third-order valence-corrected chi connectivity index (χ3v) is 5.69. The number of fused-ring (bicyclic) bond motifs is 1. The van der Waals surface area contributed by atoms with Crippen molar-refractivity contribution in [1.29, 1.82) is 0 Å². The quantitative estimate of drug-likeness (QED) is 0.718. The zero-order chi connectivity index (χ0) is 20.3. The maximum atomic E-state index is 12.5. The summed E-state index contributed by atoms with van der Waals surface area (Å²) in [5, 5.41) is 9.20. The lowest BCUT2D eigenvalue weighted by Crippen LogP contribution is -2.36.